The summed E-state index contributed by atoms with van der Waals surface area (Å²) in [5.41, 5.74) is 1.69. The second-order valence-corrected chi connectivity index (χ2v) is 8.50. The summed E-state index contributed by atoms with van der Waals surface area (Å²) < 4.78 is 10.3. The van der Waals surface area contributed by atoms with E-state index in [2.05, 4.69) is 0 Å². The number of carbonyl (C=O) groups excluding carboxylic acids is 2. The smallest absolute Gasteiger partial charge is 0.342 e. The summed E-state index contributed by atoms with van der Waals surface area (Å²) in [5.74, 6) is -2.13. The van der Waals surface area contributed by atoms with E-state index in [1.54, 1.807) is 31.2 Å². The van der Waals surface area contributed by atoms with Crippen LogP contribution in [0.15, 0.2) is 91.0 Å². The molecule has 0 aliphatic carbocycles. The molecule has 0 saturated heterocycles. The monoisotopic (exact) mass is 536 g/mol. The van der Waals surface area contributed by atoms with Crippen molar-refractivity contribution >= 4 is 23.5 Å². The Morgan fingerprint density at radius 3 is 1.79 bits per heavy atom. The lowest BCUT2D eigenvalue weighted by Crippen LogP contribution is -2.09. The highest BCUT2D eigenvalue weighted by Gasteiger charge is 2.17. The molecular weight excluding hydrogens is 512 g/mol. The minimum atomic E-state index is -0.660. The number of rotatable bonds is 6. The summed E-state index contributed by atoms with van der Waals surface area (Å²) in [7, 11) is 0. The third-order valence-electron chi connectivity index (χ3n) is 5.24. The summed E-state index contributed by atoms with van der Waals surface area (Å²) in [4.78, 5) is 23.6. The van der Waals surface area contributed by atoms with Gasteiger partial charge in [-0.25, -0.2) is 9.59 Å². The van der Waals surface area contributed by atoms with Crippen molar-refractivity contribution in [1.82, 2.24) is 0 Å². The van der Waals surface area contributed by atoms with Crippen molar-refractivity contribution in [2.24, 2.45) is 0 Å². The Hall–Kier alpha value is -4.69. The van der Waals surface area contributed by atoms with E-state index < -0.39 is 18.0 Å². The number of hydrogen-bond donors (Lipinski definition) is 4. The van der Waals surface area contributed by atoms with Gasteiger partial charge in [-0.05, 0) is 54.4 Å². The molecule has 0 bridgehead atoms. The summed E-state index contributed by atoms with van der Waals surface area (Å²) in [5, 5.41) is 38.0. The van der Waals surface area contributed by atoms with Crippen molar-refractivity contribution in [3.05, 3.63) is 118 Å². The fourth-order valence-corrected chi connectivity index (χ4v) is 3.33. The van der Waals surface area contributed by atoms with Crippen LogP contribution in [0.4, 0.5) is 0 Å². The van der Waals surface area contributed by atoms with Gasteiger partial charge in [-0.2, -0.15) is 0 Å². The quantitative estimate of drug-likeness (QED) is 0.216. The van der Waals surface area contributed by atoms with Crippen LogP contribution in [0.25, 0.3) is 0 Å². The molecule has 4 aromatic rings. The largest absolute Gasteiger partial charge is 0.508 e. The molecule has 0 aromatic heterocycles. The van der Waals surface area contributed by atoms with Crippen LogP contribution in [0.5, 0.6) is 23.0 Å². The Bertz CT molecular complexity index is 1390. The van der Waals surface area contributed by atoms with Crippen LogP contribution in [0.3, 0.4) is 0 Å². The fraction of sp³-hybridized carbons (Fsp3) is 0.103. The van der Waals surface area contributed by atoms with Gasteiger partial charge in [0.1, 0.15) is 46.8 Å². The average molecular weight is 537 g/mol. The number of phenolic OH excluding ortho intramolecular Hbond substituents is 4. The van der Waals surface area contributed by atoms with E-state index in [0.29, 0.717) is 5.02 Å². The second kappa shape index (κ2) is 13.0. The van der Waals surface area contributed by atoms with Crippen LogP contribution in [-0.4, -0.2) is 32.4 Å². The van der Waals surface area contributed by atoms with Gasteiger partial charge in [-0.15, -0.1) is 0 Å². The highest BCUT2D eigenvalue weighted by atomic mass is 35.5. The highest BCUT2D eigenvalue weighted by Crippen LogP contribution is 2.26. The summed E-state index contributed by atoms with van der Waals surface area (Å²) >= 11 is 5.74. The molecule has 0 fully saturated rings. The van der Waals surface area contributed by atoms with E-state index in [1.807, 2.05) is 30.3 Å². The lowest BCUT2D eigenvalue weighted by Gasteiger charge is -2.14. The van der Waals surface area contributed by atoms with Crippen molar-refractivity contribution in [3.8, 4) is 23.0 Å². The lowest BCUT2D eigenvalue weighted by molar-refractivity contribution is 0.0334. The van der Waals surface area contributed by atoms with Gasteiger partial charge in [-0.1, -0.05) is 54.1 Å². The third kappa shape index (κ3) is 7.91. The first kappa shape index (κ1) is 27.9. The van der Waals surface area contributed by atoms with Crippen LogP contribution in [0.1, 0.15) is 44.9 Å². The first-order valence-electron chi connectivity index (χ1n) is 11.4. The molecule has 4 aromatic carbocycles. The molecule has 38 heavy (non-hydrogen) atoms. The van der Waals surface area contributed by atoms with Gasteiger partial charge < -0.3 is 29.9 Å². The third-order valence-corrected chi connectivity index (χ3v) is 5.49. The molecule has 9 heteroatoms. The SMILES string of the molecule is CC(OC(=O)c1ccc(O)cc1O)c1ccccc1.O=C(OCc1ccc(Cl)cc1)c1ccc(O)cc1O. The average Bonchev–Trinajstić information content (AvgIpc) is 2.89. The normalized spacial score (nSPS) is 11.0. The van der Waals surface area contributed by atoms with Gasteiger partial charge >= 0.3 is 11.9 Å². The zero-order chi connectivity index (χ0) is 27.7. The summed E-state index contributed by atoms with van der Waals surface area (Å²) in [6.45, 7) is 1.83. The lowest BCUT2D eigenvalue weighted by atomic mass is 10.1. The molecule has 0 aliphatic rings. The molecule has 0 amide bonds. The van der Waals surface area contributed by atoms with E-state index in [9.17, 15) is 19.8 Å². The number of hydrogen-bond acceptors (Lipinski definition) is 8. The first-order valence-corrected chi connectivity index (χ1v) is 11.7. The highest BCUT2D eigenvalue weighted by molar-refractivity contribution is 6.30. The molecule has 1 unspecified atom stereocenters. The van der Waals surface area contributed by atoms with Crippen LogP contribution in [0, 0.1) is 0 Å². The van der Waals surface area contributed by atoms with Crippen molar-refractivity contribution in [3.63, 3.8) is 0 Å². The van der Waals surface area contributed by atoms with Gasteiger partial charge in [0, 0.05) is 17.2 Å². The van der Waals surface area contributed by atoms with Crippen LogP contribution in [0.2, 0.25) is 5.02 Å². The molecule has 196 valence electrons. The van der Waals surface area contributed by atoms with E-state index in [0.717, 1.165) is 23.3 Å². The van der Waals surface area contributed by atoms with E-state index in [4.69, 9.17) is 31.3 Å². The number of aromatic hydroxyl groups is 4. The number of carbonyl (C=O) groups is 2. The van der Waals surface area contributed by atoms with Gasteiger partial charge in [0.15, 0.2) is 0 Å². The van der Waals surface area contributed by atoms with E-state index in [-0.39, 0.29) is 40.7 Å². The molecule has 0 radical (unpaired) electrons. The zero-order valence-electron chi connectivity index (χ0n) is 20.2. The van der Waals surface area contributed by atoms with Crippen molar-refractivity contribution < 1.29 is 39.5 Å². The molecule has 0 saturated carbocycles. The maximum Gasteiger partial charge on any atom is 0.342 e. The zero-order valence-corrected chi connectivity index (χ0v) is 21.0. The topological polar surface area (TPSA) is 134 Å². The minimum Gasteiger partial charge on any atom is -0.508 e. The predicted molar refractivity (Wildman–Crippen MR) is 140 cm³/mol. The van der Waals surface area contributed by atoms with Gasteiger partial charge in [0.25, 0.3) is 0 Å². The van der Waals surface area contributed by atoms with Crippen molar-refractivity contribution in [1.29, 1.82) is 0 Å². The van der Waals surface area contributed by atoms with E-state index in [1.165, 1.54) is 24.3 Å². The molecule has 1 atom stereocenters. The number of halogens is 1. The maximum atomic E-state index is 11.9. The molecule has 0 aliphatic heterocycles. The van der Waals surface area contributed by atoms with Crippen molar-refractivity contribution in [2.45, 2.75) is 19.6 Å². The van der Waals surface area contributed by atoms with Crippen LogP contribution < -0.4 is 0 Å². The number of esters is 2. The van der Waals surface area contributed by atoms with Crippen molar-refractivity contribution in [2.75, 3.05) is 0 Å². The molecule has 4 rings (SSSR count). The van der Waals surface area contributed by atoms with E-state index >= 15 is 0 Å². The number of benzene rings is 4. The van der Waals surface area contributed by atoms with Gasteiger partial charge in [0.05, 0.1) is 0 Å². The summed E-state index contributed by atoms with van der Waals surface area (Å²) in [6, 6.07) is 23.6. The maximum absolute atomic E-state index is 11.9. The Balaban J connectivity index is 0.000000211. The molecular formula is C29H25ClO8. The Labute approximate surface area is 223 Å². The second-order valence-electron chi connectivity index (χ2n) is 8.06. The molecule has 0 spiro atoms. The molecule has 8 nitrogen and oxygen atoms in total. The molecule has 0 heterocycles. The van der Waals surface area contributed by atoms with Gasteiger partial charge in [0.2, 0.25) is 0 Å². The standard InChI is InChI=1S/C15H14O4.C14H11ClO4/c1-10(11-5-3-2-4-6-11)19-15(18)13-8-7-12(16)9-14(13)17;15-10-3-1-9(2-4-10)8-19-14(18)12-6-5-11(16)7-13(12)17/h2-10,16-17H,1H3;1-7,16-17H,8H2. The molecule has 4 N–H and O–H groups in total. The van der Waals surface area contributed by atoms with Crippen LogP contribution >= 0.6 is 11.6 Å². The Morgan fingerprint density at radius 1 is 0.737 bits per heavy atom. The fourth-order valence-electron chi connectivity index (χ4n) is 3.21. The van der Waals surface area contributed by atoms with Crippen LogP contribution in [-0.2, 0) is 16.1 Å². The first-order chi connectivity index (χ1) is 18.1. The predicted octanol–water partition coefficient (Wildman–Crippen LogP) is 6.12. The Kier molecular flexibility index (Phi) is 9.56. The number of ether oxygens (including phenoxy) is 2. The van der Waals surface area contributed by atoms with Gasteiger partial charge in [-0.3, -0.25) is 0 Å². The summed E-state index contributed by atoms with van der Waals surface area (Å²) in [6.07, 6.45) is -0.415. The number of phenols is 4. The minimum absolute atomic E-state index is 0.00626. The Morgan fingerprint density at radius 2 is 1.26 bits per heavy atom.